The molecule has 0 aromatic heterocycles. The Kier molecular flexibility index (Phi) is 11.8. The molecule has 2 N–H and O–H groups in total. The number of nitrogens with one attached hydrogen (secondary N) is 2. The summed E-state index contributed by atoms with van der Waals surface area (Å²) in [4.78, 5) is 18.2. The van der Waals surface area contributed by atoms with Gasteiger partial charge >= 0.3 is 0 Å². The summed E-state index contributed by atoms with van der Waals surface area (Å²) < 4.78 is 19.0. The fourth-order valence-electron chi connectivity index (χ4n) is 2.75. The van der Waals surface area contributed by atoms with Gasteiger partial charge in [0.1, 0.15) is 11.6 Å². The first-order valence-corrected chi connectivity index (χ1v) is 9.74. The Bertz CT molecular complexity index is 832. The third-order valence-electron chi connectivity index (χ3n) is 4.06. The van der Waals surface area contributed by atoms with Crippen molar-refractivity contribution in [2.24, 2.45) is 4.99 Å². The van der Waals surface area contributed by atoms with Gasteiger partial charge in [0.2, 0.25) is 0 Å². The van der Waals surface area contributed by atoms with Crippen molar-refractivity contribution in [2.45, 2.75) is 26.9 Å². The average Bonchev–Trinajstić information content (AvgIpc) is 2.70. The van der Waals surface area contributed by atoms with E-state index in [4.69, 9.17) is 4.74 Å². The van der Waals surface area contributed by atoms with E-state index in [-0.39, 0.29) is 42.3 Å². The standard InChI is InChI=1S/C22H29FN4O2.HI/c1-4-24-21(28)16-29-20-11-7-8-17(13-20)14-26-22(25-5-2)27(3)15-18-9-6-10-19(23)12-18;/h6-13H,4-5,14-16H2,1-3H3,(H,24,28)(H,25,26);1H. The van der Waals surface area contributed by atoms with E-state index in [0.29, 0.717) is 25.4 Å². The topological polar surface area (TPSA) is 66.0 Å². The molecule has 0 radical (unpaired) electrons. The molecule has 2 aromatic carbocycles. The summed E-state index contributed by atoms with van der Waals surface area (Å²) in [6.07, 6.45) is 0. The number of amides is 1. The fourth-order valence-corrected chi connectivity index (χ4v) is 2.75. The molecule has 0 bridgehead atoms. The van der Waals surface area contributed by atoms with E-state index in [9.17, 15) is 9.18 Å². The molecule has 0 saturated carbocycles. The van der Waals surface area contributed by atoms with Crippen LogP contribution in [0.4, 0.5) is 4.39 Å². The molecule has 0 spiro atoms. The van der Waals surface area contributed by atoms with Gasteiger partial charge in [-0.1, -0.05) is 24.3 Å². The zero-order valence-corrected chi connectivity index (χ0v) is 20.0. The lowest BCUT2D eigenvalue weighted by Crippen LogP contribution is -2.38. The molecule has 164 valence electrons. The van der Waals surface area contributed by atoms with Gasteiger partial charge in [0, 0.05) is 26.7 Å². The molecule has 0 unspecified atom stereocenters. The molecule has 2 aromatic rings. The first-order chi connectivity index (χ1) is 14.0. The number of rotatable bonds is 9. The highest BCUT2D eigenvalue weighted by Crippen LogP contribution is 2.14. The lowest BCUT2D eigenvalue weighted by Gasteiger charge is -2.22. The number of carbonyl (C=O) groups excluding carboxylic acids is 1. The van der Waals surface area contributed by atoms with Gasteiger partial charge in [-0.2, -0.15) is 0 Å². The van der Waals surface area contributed by atoms with Crippen molar-refractivity contribution in [1.29, 1.82) is 0 Å². The maximum absolute atomic E-state index is 13.4. The van der Waals surface area contributed by atoms with Crippen LogP contribution >= 0.6 is 24.0 Å². The van der Waals surface area contributed by atoms with Crippen molar-refractivity contribution < 1.29 is 13.9 Å². The van der Waals surface area contributed by atoms with E-state index >= 15 is 0 Å². The van der Waals surface area contributed by atoms with E-state index < -0.39 is 0 Å². The van der Waals surface area contributed by atoms with E-state index in [1.165, 1.54) is 12.1 Å². The number of aliphatic imine (C=N–C) groups is 1. The van der Waals surface area contributed by atoms with Gasteiger partial charge in [0.15, 0.2) is 12.6 Å². The number of likely N-dealkylation sites (N-methyl/N-ethyl adjacent to an activating group) is 1. The number of guanidine groups is 1. The lowest BCUT2D eigenvalue weighted by atomic mass is 10.2. The number of hydrogen-bond acceptors (Lipinski definition) is 3. The Balaban J connectivity index is 0.00000450. The van der Waals surface area contributed by atoms with Gasteiger partial charge in [-0.15, -0.1) is 24.0 Å². The first-order valence-electron chi connectivity index (χ1n) is 9.74. The van der Waals surface area contributed by atoms with Crippen molar-refractivity contribution in [1.82, 2.24) is 15.5 Å². The molecule has 8 heteroatoms. The van der Waals surface area contributed by atoms with Crippen molar-refractivity contribution in [3.8, 4) is 5.75 Å². The van der Waals surface area contributed by atoms with E-state index in [2.05, 4.69) is 15.6 Å². The Morgan fingerprint density at radius 2 is 1.77 bits per heavy atom. The Morgan fingerprint density at radius 3 is 2.47 bits per heavy atom. The quantitative estimate of drug-likeness (QED) is 0.297. The molecule has 0 aliphatic carbocycles. The third-order valence-corrected chi connectivity index (χ3v) is 4.06. The van der Waals surface area contributed by atoms with E-state index in [0.717, 1.165) is 23.6 Å². The van der Waals surface area contributed by atoms with E-state index in [1.807, 2.05) is 56.1 Å². The summed E-state index contributed by atoms with van der Waals surface area (Å²) in [5, 5.41) is 5.95. The fraction of sp³-hybridized carbons (Fsp3) is 0.364. The van der Waals surface area contributed by atoms with Gasteiger partial charge < -0.3 is 20.3 Å². The number of benzene rings is 2. The number of halogens is 2. The van der Waals surface area contributed by atoms with Gasteiger partial charge in [-0.3, -0.25) is 4.79 Å². The molecule has 0 aliphatic rings. The summed E-state index contributed by atoms with van der Waals surface area (Å²) in [5.74, 6) is 0.957. The molecule has 2 rings (SSSR count). The summed E-state index contributed by atoms with van der Waals surface area (Å²) >= 11 is 0. The van der Waals surface area contributed by atoms with Crippen LogP contribution in [0.2, 0.25) is 0 Å². The number of hydrogen-bond donors (Lipinski definition) is 2. The number of ether oxygens (including phenoxy) is 1. The van der Waals surface area contributed by atoms with E-state index in [1.54, 1.807) is 6.07 Å². The average molecular weight is 528 g/mol. The highest BCUT2D eigenvalue weighted by atomic mass is 127. The molecule has 0 heterocycles. The smallest absolute Gasteiger partial charge is 0.257 e. The molecular formula is C22H30FIN4O2. The van der Waals surface area contributed by atoms with Gasteiger partial charge in [0.25, 0.3) is 5.91 Å². The van der Waals surface area contributed by atoms with Crippen LogP contribution in [0.15, 0.2) is 53.5 Å². The van der Waals surface area contributed by atoms with Crippen LogP contribution in [0.5, 0.6) is 5.75 Å². The molecule has 0 atom stereocenters. The molecule has 30 heavy (non-hydrogen) atoms. The summed E-state index contributed by atoms with van der Waals surface area (Å²) in [5.41, 5.74) is 1.84. The van der Waals surface area contributed by atoms with Gasteiger partial charge in [0.05, 0.1) is 6.54 Å². The number of carbonyl (C=O) groups is 1. The van der Waals surface area contributed by atoms with Crippen molar-refractivity contribution >= 4 is 35.8 Å². The Labute approximate surface area is 194 Å². The second-order valence-electron chi connectivity index (χ2n) is 6.55. The van der Waals surface area contributed by atoms with Crippen LogP contribution in [0.25, 0.3) is 0 Å². The second-order valence-corrected chi connectivity index (χ2v) is 6.55. The normalized spacial score (nSPS) is 10.7. The maximum atomic E-state index is 13.4. The zero-order chi connectivity index (χ0) is 21.1. The minimum Gasteiger partial charge on any atom is -0.484 e. The van der Waals surface area contributed by atoms with Gasteiger partial charge in [-0.05, 0) is 49.2 Å². The Hall–Kier alpha value is -2.36. The summed E-state index contributed by atoms with van der Waals surface area (Å²) in [6, 6.07) is 14.1. The SMILES string of the molecule is CCNC(=O)COc1cccc(CN=C(NCC)N(C)Cc2cccc(F)c2)c1.I. The monoisotopic (exact) mass is 528 g/mol. The first kappa shape index (κ1) is 25.7. The predicted octanol–water partition coefficient (Wildman–Crippen LogP) is 3.56. The van der Waals surface area contributed by atoms with Crippen LogP contribution in [0.1, 0.15) is 25.0 Å². The largest absolute Gasteiger partial charge is 0.484 e. The second kappa shape index (κ2) is 13.8. The van der Waals surface area contributed by atoms with Crippen LogP contribution in [-0.4, -0.2) is 43.5 Å². The zero-order valence-electron chi connectivity index (χ0n) is 17.7. The van der Waals surface area contributed by atoms with Crippen molar-refractivity contribution in [2.75, 3.05) is 26.7 Å². The summed E-state index contributed by atoms with van der Waals surface area (Å²) in [6.45, 7) is 6.15. The van der Waals surface area contributed by atoms with Crippen LogP contribution < -0.4 is 15.4 Å². The van der Waals surface area contributed by atoms with Crippen LogP contribution in [-0.2, 0) is 17.9 Å². The molecule has 0 fully saturated rings. The van der Waals surface area contributed by atoms with Crippen molar-refractivity contribution in [3.63, 3.8) is 0 Å². The number of nitrogens with zero attached hydrogens (tertiary/aromatic N) is 2. The van der Waals surface area contributed by atoms with Crippen molar-refractivity contribution in [3.05, 3.63) is 65.5 Å². The summed E-state index contributed by atoms with van der Waals surface area (Å²) in [7, 11) is 1.91. The van der Waals surface area contributed by atoms with Crippen LogP contribution in [0, 0.1) is 5.82 Å². The molecule has 0 saturated heterocycles. The lowest BCUT2D eigenvalue weighted by molar-refractivity contribution is -0.122. The minimum absolute atomic E-state index is 0. The maximum Gasteiger partial charge on any atom is 0.257 e. The highest BCUT2D eigenvalue weighted by Gasteiger charge is 2.08. The highest BCUT2D eigenvalue weighted by molar-refractivity contribution is 14.0. The van der Waals surface area contributed by atoms with Gasteiger partial charge in [-0.25, -0.2) is 9.38 Å². The molecular weight excluding hydrogens is 498 g/mol. The third kappa shape index (κ3) is 8.98. The predicted molar refractivity (Wildman–Crippen MR) is 129 cm³/mol. The molecule has 1 amide bonds. The Morgan fingerprint density at radius 1 is 1.07 bits per heavy atom. The van der Waals surface area contributed by atoms with Crippen LogP contribution in [0.3, 0.4) is 0 Å². The molecule has 6 nitrogen and oxygen atoms in total. The molecule has 0 aliphatic heterocycles. The minimum atomic E-state index is -0.248.